The molecule has 1 atom stereocenters. The van der Waals surface area contributed by atoms with Gasteiger partial charge in [0.15, 0.2) is 0 Å². The molecule has 1 amide bonds. The molecule has 4 heteroatoms. The molecule has 1 spiro atoms. The summed E-state index contributed by atoms with van der Waals surface area (Å²) in [7, 11) is 1.98. The monoisotopic (exact) mass is 226 g/mol. The predicted molar refractivity (Wildman–Crippen MR) is 62.3 cm³/mol. The summed E-state index contributed by atoms with van der Waals surface area (Å²) in [6, 6.07) is 0.444. The van der Waals surface area contributed by atoms with Gasteiger partial charge in [0, 0.05) is 24.5 Å². The highest BCUT2D eigenvalue weighted by atomic mass is 16.6. The van der Waals surface area contributed by atoms with Gasteiger partial charge in [-0.1, -0.05) is 0 Å². The zero-order chi connectivity index (χ0) is 12.0. The van der Waals surface area contributed by atoms with Crippen LogP contribution in [0.5, 0.6) is 0 Å². The van der Waals surface area contributed by atoms with Crippen molar-refractivity contribution in [3.63, 3.8) is 0 Å². The summed E-state index contributed by atoms with van der Waals surface area (Å²) in [6.45, 7) is 7.36. The van der Waals surface area contributed by atoms with Crippen molar-refractivity contribution in [1.82, 2.24) is 10.2 Å². The van der Waals surface area contributed by atoms with E-state index >= 15 is 0 Å². The molecule has 1 aliphatic carbocycles. The van der Waals surface area contributed by atoms with Gasteiger partial charge in [-0.25, -0.2) is 4.79 Å². The lowest BCUT2D eigenvalue weighted by molar-refractivity contribution is 0.0284. The number of hydrogen-bond acceptors (Lipinski definition) is 3. The van der Waals surface area contributed by atoms with Gasteiger partial charge in [0.05, 0.1) is 0 Å². The van der Waals surface area contributed by atoms with E-state index in [4.69, 9.17) is 4.74 Å². The molecule has 0 bridgehead atoms. The average molecular weight is 226 g/mol. The molecule has 1 saturated heterocycles. The highest BCUT2D eigenvalue weighted by Gasteiger charge is 2.55. The maximum atomic E-state index is 11.9. The standard InChI is InChI=1S/C12H22N2O2/c1-11(2,3)16-10(15)14-7-9(13-4)12(8-14)5-6-12/h9,13H,5-8H2,1-4H3/t9-/m1/s1. The van der Waals surface area contributed by atoms with Gasteiger partial charge >= 0.3 is 6.09 Å². The van der Waals surface area contributed by atoms with E-state index in [0.717, 1.165) is 13.1 Å². The minimum absolute atomic E-state index is 0.170. The van der Waals surface area contributed by atoms with Crippen LogP contribution < -0.4 is 5.32 Å². The van der Waals surface area contributed by atoms with Crippen LogP contribution in [0.3, 0.4) is 0 Å². The second-order valence-electron chi connectivity index (χ2n) is 6.06. The van der Waals surface area contributed by atoms with Crippen molar-refractivity contribution in [3.8, 4) is 0 Å². The average Bonchev–Trinajstić information content (AvgIpc) is 2.77. The Balaban J connectivity index is 1.95. The highest BCUT2D eigenvalue weighted by molar-refractivity contribution is 5.69. The number of nitrogens with zero attached hydrogens (tertiary/aromatic N) is 1. The first-order chi connectivity index (χ1) is 7.36. The van der Waals surface area contributed by atoms with Gasteiger partial charge in [-0.2, -0.15) is 0 Å². The molecule has 16 heavy (non-hydrogen) atoms. The van der Waals surface area contributed by atoms with E-state index in [1.807, 2.05) is 32.7 Å². The number of ether oxygens (including phenoxy) is 1. The molecule has 92 valence electrons. The Labute approximate surface area is 97.3 Å². The molecule has 0 aromatic heterocycles. The van der Waals surface area contributed by atoms with Gasteiger partial charge in [0.2, 0.25) is 0 Å². The van der Waals surface area contributed by atoms with Crippen molar-refractivity contribution in [1.29, 1.82) is 0 Å². The van der Waals surface area contributed by atoms with Crippen molar-refractivity contribution in [2.45, 2.75) is 45.3 Å². The van der Waals surface area contributed by atoms with E-state index in [0.29, 0.717) is 11.5 Å². The van der Waals surface area contributed by atoms with Crippen LogP contribution in [0.15, 0.2) is 0 Å². The van der Waals surface area contributed by atoms with Gasteiger partial charge in [-0.15, -0.1) is 0 Å². The van der Waals surface area contributed by atoms with Gasteiger partial charge in [-0.3, -0.25) is 0 Å². The van der Waals surface area contributed by atoms with Crippen molar-refractivity contribution in [2.75, 3.05) is 20.1 Å². The van der Waals surface area contributed by atoms with E-state index in [2.05, 4.69) is 5.32 Å². The number of nitrogens with one attached hydrogen (secondary N) is 1. The van der Waals surface area contributed by atoms with Crippen LogP contribution in [0.25, 0.3) is 0 Å². The zero-order valence-corrected chi connectivity index (χ0v) is 10.7. The van der Waals surface area contributed by atoms with Crippen LogP contribution in [-0.2, 0) is 4.74 Å². The highest BCUT2D eigenvalue weighted by Crippen LogP contribution is 2.52. The van der Waals surface area contributed by atoms with Gasteiger partial charge in [0.25, 0.3) is 0 Å². The second-order valence-corrected chi connectivity index (χ2v) is 6.06. The molecule has 4 nitrogen and oxygen atoms in total. The Hall–Kier alpha value is -0.770. The summed E-state index contributed by atoms with van der Waals surface area (Å²) in [4.78, 5) is 13.8. The Morgan fingerprint density at radius 2 is 2.06 bits per heavy atom. The SMILES string of the molecule is CN[C@@H]1CN(C(=O)OC(C)(C)C)CC12CC2. The fraction of sp³-hybridized carbons (Fsp3) is 0.917. The lowest BCUT2D eigenvalue weighted by Crippen LogP contribution is -2.37. The molecule has 2 aliphatic rings. The van der Waals surface area contributed by atoms with E-state index < -0.39 is 5.60 Å². The van der Waals surface area contributed by atoms with Crippen molar-refractivity contribution in [2.24, 2.45) is 5.41 Å². The summed E-state index contributed by atoms with van der Waals surface area (Å²) in [5.74, 6) is 0. The minimum atomic E-state index is -0.397. The van der Waals surface area contributed by atoms with Crippen LogP contribution in [0.1, 0.15) is 33.6 Å². The fourth-order valence-corrected chi connectivity index (χ4v) is 2.50. The Bertz CT molecular complexity index is 292. The van der Waals surface area contributed by atoms with Crippen LogP contribution in [0.2, 0.25) is 0 Å². The quantitative estimate of drug-likeness (QED) is 0.738. The summed E-state index contributed by atoms with van der Waals surface area (Å²) in [5, 5.41) is 3.31. The summed E-state index contributed by atoms with van der Waals surface area (Å²) >= 11 is 0. The second kappa shape index (κ2) is 3.62. The van der Waals surface area contributed by atoms with Crippen molar-refractivity contribution in [3.05, 3.63) is 0 Å². The molecular weight excluding hydrogens is 204 g/mol. The molecule has 1 saturated carbocycles. The van der Waals surface area contributed by atoms with Gasteiger partial charge in [-0.05, 0) is 40.7 Å². The summed E-state index contributed by atoms with van der Waals surface area (Å²) in [5.41, 5.74) is -0.0445. The fourth-order valence-electron chi connectivity index (χ4n) is 2.50. The normalized spacial score (nSPS) is 27.2. The smallest absolute Gasteiger partial charge is 0.410 e. The van der Waals surface area contributed by atoms with Crippen LogP contribution >= 0.6 is 0 Å². The molecule has 2 fully saturated rings. The first-order valence-corrected chi connectivity index (χ1v) is 6.01. The predicted octanol–water partition coefficient (Wildman–Crippen LogP) is 1.61. The zero-order valence-electron chi connectivity index (χ0n) is 10.7. The number of amides is 1. The number of likely N-dealkylation sites (tertiary alicyclic amines) is 1. The van der Waals surface area contributed by atoms with Gasteiger partial charge < -0.3 is 15.0 Å². The number of carbonyl (C=O) groups excluding carboxylic acids is 1. The van der Waals surface area contributed by atoms with Crippen molar-refractivity contribution >= 4 is 6.09 Å². The number of rotatable bonds is 1. The first-order valence-electron chi connectivity index (χ1n) is 6.01. The summed E-state index contributed by atoms with van der Waals surface area (Å²) < 4.78 is 5.39. The van der Waals surface area contributed by atoms with Crippen LogP contribution in [0.4, 0.5) is 4.79 Å². The number of carbonyl (C=O) groups is 1. The third-order valence-electron chi connectivity index (χ3n) is 3.54. The van der Waals surface area contributed by atoms with Crippen molar-refractivity contribution < 1.29 is 9.53 Å². The maximum absolute atomic E-state index is 11.9. The molecule has 2 rings (SSSR count). The molecule has 0 unspecified atom stereocenters. The molecule has 0 radical (unpaired) electrons. The Morgan fingerprint density at radius 3 is 2.44 bits per heavy atom. The number of likely N-dealkylation sites (N-methyl/N-ethyl adjacent to an activating group) is 1. The van der Waals surface area contributed by atoms with E-state index in [9.17, 15) is 4.79 Å². The van der Waals surface area contributed by atoms with Gasteiger partial charge in [0.1, 0.15) is 5.60 Å². The largest absolute Gasteiger partial charge is 0.444 e. The third kappa shape index (κ3) is 2.17. The lowest BCUT2D eigenvalue weighted by Gasteiger charge is -2.24. The number of hydrogen-bond donors (Lipinski definition) is 1. The maximum Gasteiger partial charge on any atom is 0.410 e. The summed E-state index contributed by atoms with van der Waals surface area (Å²) in [6.07, 6.45) is 2.30. The van der Waals surface area contributed by atoms with Crippen LogP contribution in [0, 0.1) is 5.41 Å². The molecule has 1 aliphatic heterocycles. The first kappa shape index (κ1) is 11.7. The van der Waals surface area contributed by atoms with E-state index in [1.54, 1.807) is 0 Å². The molecule has 0 aromatic rings. The minimum Gasteiger partial charge on any atom is -0.444 e. The lowest BCUT2D eigenvalue weighted by atomic mass is 10.0. The van der Waals surface area contributed by atoms with E-state index in [1.165, 1.54) is 12.8 Å². The Morgan fingerprint density at radius 1 is 1.44 bits per heavy atom. The molecular formula is C12H22N2O2. The van der Waals surface area contributed by atoms with Crippen LogP contribution in [-0.4, -0.2) is 42.8 Å². The van der Waals surface area contributed by atoms with E-state index in [-0.39, 0.29) is 6.09 Å². The topological polar surface area (TPSA) is 41.6 Å². The third-order valence-corrected chi connectivity index (χ3v) is 3.54. The molecule has 1 heterocycles. The molecule has 0 aromatic carbocycles. The Kier molecular flexibility index (Phi) is 2.65. The molecule has 1 N–H and O–H groups in total.